The third kappa shape index (κ3) is 3.45. The molecule has 0 heterocycles. The number of hydrogen-bond donors (Lipinski definition) is 1. The van der Waals surface area contributed by atoms with Crippen molar-refractivity contribution in [1.29, 1.82) is 0 Å². The van der Waals surface area contributed by atoms with E-state index in [0.717, 1.165) is 0 Å². The van der Waals surface area contributed by atoms with E-state index in [1.807, 2.05) is 0 Å². The number of carbonyl (C=O) groups is 2. The van der Waals surface area contributed by atoms with E-state index in [-0.39, 0.29) is 6.42 Å². The molecule has 0 aliphatic heterocycles. The minimum Gasteiger partial charge on any atom is -0.481 e. The third-order valence-corrected chi connectivity index (χ3v) is 1.91. The molecule has 0 saturated carbocycles. The Hall–Kier alpha value is -1.79. The third-order valence-electron chi connectivity index (χ3n) is 1.67. The Morgan fingerprint density at radius 1 is 1.53 bits per heavy atom. The molecular formula is C11H7ClO3. The molecule has 0 bridgehead atoms. The molecule has 15 heavy (non-hydrogen) atoms. The monoisotopic (exact) mass is 222 g/mol. The van der Waals surface area contributed by atoms with E-state index in [0.29, 0.717) is 22.4 Å². The SMILES string of the molecule is O=CC#Cc1ccc(Cl)cc1CC(=O)O. The van der Waals surface area contributed by atoms with E-state index in [4.69, 9.17) is 16.7 Å². The molecule has 3 nitrogen and oxygen atoms in total. The summed E-state index contributed by atoms with van der Waals surface area (Å²) in [5.41, 5.74) is 1.01. The van der Waals surface area contributed by atoms with Crippen LogP contribution < -0.4 is 0 Å². The van der Waals surface area contributed by atoms with Gasteiger partial charge in [-0.15, -0.1) is 0 Å². The normalized spacial score (nSPS) is 8.87. The lowest BCUT2D eigenvalue weighted by molar-refractivity contribution is -0.136. The molecule has 0 spiro atoms. The van der Waals surface area contributed by atoms with Crippen LogP contribution in [0.25, 0.3) is 0 Å². The Morgan fingerprint density at radius 2 is 2.27 bits per heavy atom. The predicted molar refractivity (Wildman–Crippen MR) is 55.7 cm³/mol. The number of halogens is 1. The van der Waals surface area contributed by atoms with E-state index >= 15 is 0 Å². The molecule has 76 valence electrons. The first-order chi connectivity index (χ1) is 7.13. The van der Waals surface area contributed by atoms with E-state index in [2.05, 4.69) is 11.8 Å². The molecule has 0 saturated heterocycles. The van der Waals surface area contributed by atoms with Crippen LogP contribution in [-0.2, 0) is 16.0 Å². The van der Waals surface area contributed by atoms with Gasteiger partial charge in [0.2, 0.25) is 0 Å². The molecule has 0 unspecified atom stereocenters. The van der Waals surface area contributed by atoms with Gasteiger partial charge in [0.1, 0.15) is 0 Å². The molecule has 1 rings (SSSR count). The van der Waals surface area contributed by atoms with Crippen molar-refractivity contribution in [3.8, 4) is 11.8 Å². The highest BCUT2D eigenvalue weighted by Crippen LogP contribution is 2.16. The summed E-state index contributed by atoms with van der Waals surface area (Å²) < 4.78 is 0. The van der Waals surface area contributed by atoms with Gasteiger partial charge >= 0.3 is 5.97 Å². The second-order valence-electron chi connectivity index (χ2n) is 2.76. The lowest BCUT2D eigenvalue weighted by atomic mass is 10.1. The van der Waals surface area contributed by atoms with Crippen molar-refractivity contribution in [3.05, 3.63) is 34.3 Å². The van der Waals surface area contributed by atoms with E-state index < -0.39 is 5.97 Å². The van der Waals surface area contributed by atoms with E-state index in [9.17, 15) is 9.59 Å². The first kappa shape index (κ1) is 11.3. The summed E-state index contributed by atoms with van der Waals surface area (Å²) in [5.74, 6) is 3.82. The molecule has 0 aliphatic rings. The quantitative estimate of drug-likeness (QED) is 0.610. The molecule has 0 amide bonds. The highest BCUT2D eigenvalue weighted by molar-refractivity contribution is 6.30. The van der Waals surface area contributed by atoms with Gasteiger partial charge in [0, 0.05) is 10.6 Å². The van der Waals surface area contributed by atoms with Crippen LogP contribution in [-0.4, -0.2) is 17.4 Å². The molecule has 0 aromatic heterocycles. The van der Waals surface area contributed by atoms with Crippen molar-refractivity contribution in [2.75, 3.05) is 0 Å². The molecular weight excluding hydrogens is 216 g/mol. The van der Waals surface area contributed by atoms with Gasteiger partial charge in [-0.25, -0.2) is 0 Å². The number of aldehydes is 1. The van der Waals surface area contributed by atoms with Crippen molar-refractivity contribution in [3.63, 3.8) is 0 Å². The molecule has 0 atom stereocenters. The van der Waals surface area contributed by atoms with Gasteiger partial charge < -0.3 is 5.11 Å². The Morgan fingerprint density at radius 3 is 2.87 bits per heavy atom. The summed E-state index contributed by atoms with van der Waals surface area (Å²) >= 11 is 5.72. The van der Waals surface area contributed by atoms with Crippen LogP contribution in [0.15, 0.2) is 18.2 Å². The molecule has 0 aliphatic carbocycles. The van der Waals surface area contributed by atoms with Crippen molar-refractivity contribution in [2.45, 2.75) is 6.42 Å². The Bertz CT molecular complexity index is 455. The van der Waals surface area contributed by atoms with Gasteiger partial charge in [-0.1, -0.05) is 17.5 Å². The lowest BCUT2D eigenvalue weighted by Gasteiger charge is -2.01. The van der Waals surface area contributed by atoms with E-state index in [1.165, 1.54) is 6.07 Å². The maximum Gasteiger partial charge on any atom is 0.307 e. The fourth-order valence-corrected chi connectivity index (χ4v) is 1.30. The van der Waals surface area contributed by atoms with Crippen molar-refractivity contribution >= 4 is 23.9 Å². The molecule has 1 N–H and O–H groups in total. The Balaban J connectivity index is 3.13. The molecule has 0 radical (unpaired) electrons. The van der Waals surface area contributed by atoms with Crippen molar-refractivity contribution in [2.24, 2.45) is 0 Å². The van der Waals surface area contributed by atoms with Gasteiger partial charge in [0.15, 0.2) is 6.29 Å². The zero-order valence-corrected chi connectivity index (χ0v) is 8.41. The first-order valence-electron chi connectivity index (χ1n) is 4.09. The maximum absolute atomic E-state index is 10.5. The molecule has 4 heteroatoms. The summed E-state index contributed by atoms with van der Waals surface area (Å²) in [6.07, 6.45) is 0.294. The summed E-state index contributed by atoms with van der Waals surface area (Å²) in [4.78, 5) is 20.6. The highest BCUT2D eigenvalue weighted by Gasteiger charge is 2.05. The van der Waals surface area contributed by atoms with Crippen LogP contribution in [0.5, 0.6) is 0 Å². The number of carboxylic acid groups (broad SMARTS) is 1. The lowest BCUT2D eigenvalue weighted by Crippen LogP contribution is -2.02. The minimum atomic E-state index is -0.966. The van der Waals surface area contributed by atoms with Crippen LogP contribution in [0.2, 0.25) is 5.02 Å². The second kappa shape index (κ2) is 5.18. The average Bonchev–Trinajstić information content (AvgIpc) is 2.16. The smallest absolute Gasteiger partial charge is 0.307 e. The van der Waals surface area contributed by atoms with Crippen molar-refractivity contribution in [1.82, 2.24) is 0 Å². The number of hydrogen-bond acceptors (Lipinski definition) is 2. The largest absolute Gasteiger partial charge is 0.481 e. The van der Waals surface area contributed by atoms with Crippen LogP contribution in [0, 0.1) is 11.8 Å². The van der Waals surface area contributed by atoms with Gasteiger partial charge in [0.05, 0.1) is 6.42 Å². The Kier molecular flexibility index (Phi) is 3.90. The second-order valence-corrected chi connectivity index (χ2v) is 3.20. The summed E-state index contributed by atoms with van der Waals surface area (Å²) in [6.45, 7) is 0. The standard InChI is InChI=1S/C11H7ClO3/c12-10-4-3-8(2-1-5-13)9(6-10)7-11(14)15/h3-6H,7H2,(H,14,15). The fourth-order valence-electron chi connectivity index (χ4n) is 1.10. The molecule has 0 fully saturated rings. The van der Waals surface area contributed by atoms with Gasteiger partial charge in [-0.2, -0.15) is 0 Å². The fraction of sp³-hybridized carbons (Fsp3) is 0.0909. The predicted octanol–water partition coefficient (Wildman–Crippen LogP) is 1.52. The molecule has 1 aromatic carbocycles. The topological polar surface area (TPSA) is 54.4 Å². The Labute approximate surface area is 91.7 Å². The van der Waals surface area contributed by atoms with Crippen LogP contribution in [0.4, 0.5) is 0 Å². The summed E-state index contributed by atoms with van der Waals surface area (Å²) in [7, 11) is 0. The zero-order valence-electron chi connectivity index (χ0n) is 7.66. The maximum atomic E-state index is 10.5. The van der Waals surface area contributed by atoms with E-state index in [1.54, 1.807) is 12.1 Å². The van der Waals surface area contributed by atoms with Crippen LogP contribution in [0.3, 0.4) is 0 Å². The van der Waals surface area contributed by atoms with Crippen LogP contribution in [0.1, 0.15) is 11.1 Å². The molecule has 1 aromatic rings. The first-order valence-corrected chi connectivity index (χ1v) is 4.46. The van der Waals surface area contributed by atoms with Crippen LogP contribution >= 0.6 is 11.6 Å². The van der Waals surface area contributed by atoms with Gasteiger partial charge in [-0.3, -0.25) is 9.59 Å². The highest BCUT2D eigenvalue weighted by atomic mass is 35.5. The average molecular weight is 223 g/mol. The number of benzene rings is 1. The minimum absolute atomic E-state index is 0.163. The van der Waals surface area contributed by atoms with Gasteiger partial charge in [-0.05, 0) is 29.7 Å². The van der Waals surface area contributed by atoms with Gasteiger partial charge in [0.25, 0.3) is 0 Å². The summed E-state index contributed by atoms with van der Waals surface area (Å²) in [6, 6.07) is 4.73. The zero-order chi connectivity index (χ0) is 11.3. The number of aliphatic carboxylic acids is 1. The van der Waals surface area contributed by atoms with Crippen molar-refractivity contribution < 1.29 is 14.7 Å². The number of carboxylic acids is 1. The number of carbonyl (C=O) groups excluding carboxylic acids is 1. The number of rotatable bonds is 2. The summed E-state index contributed by atoms with van der Waals surface area (Å²) in [5, 5.41) is 9.09.